The number of ether oxygens (including phenoxy) is 1. The highest BCUT2D eigenvalue weighted by molar-refractivity contribution is 8.00. The standard InChI is InChI=1S/C24H29N5O2S/c1-17-9-10-18(2)21(15-17)25-22(30)19(3)32-24-27-26-23(28-11-13-31-14-12-28)29(24)16-20-7-5-4-6-8-20/h4-10,15,19H,11-14,16H2,1-3H3,(H,25,30). The van der Waals surface area contributed by atoms with E-state index in [1.165, 1.54) is 11.8 Å². The lowest BCUT2D eigenvalue weighted by Gasteiger charge is -2.28. The third-order valence-corrected chi connectivity index (χ3v) is 6.56. The molecule has 32 heavy (non-hydrogen) atoms. The molecule has 1 aliphatic heterocycles. The number of rotatable bonds is 7. The summed E-state index contributed by atoms with van der Waals surface area (Å²) < 4.78 is 7.60. The molecule has 1 atom stereocenters. The van der Waals surface area contributed by atoms with Crippen molar-refractivity contribution >= 4 is 29.3 Å². The molecule has 0 aliphatic carbocycles. The van der Waals surface area contributed by atoms with Crippen LogP contribution in [0.2, 0.25) is 0 Å². The molecule has 0 bridgehead atoms. The Kier molecular flexibility index (Phi) is 7.12. The van der Waals surface area contributed by atoms with Crippen molar-refractivity contribution in [2.45, 2.75) is 37.7 Å². The molecule has 1 aromatic heterocycles. The number of anilines is 2. The molecule has 1 amide bonds. The summed E-state index contributed by atoms with van der Waals surface area (Å²) in [5.74, 6) is 0.771. The Hall–Kier alpha value is -2.84. The topological polar surface area (TPSA) is 72.3 Å². The molecular formula is C24H29N5O2S. The molecule has 2 aromatic carbocycles. The molecule has 8 heteroatoms. The second-order valence-electron chi connectivity index (χ2n) is 8.02. The van der Waals surface area contributed by atoms with Crippen molar-refractivity contribution < 1.29 is 9.53 Å². The average Bonchev–Trinajstić information content (AvgIpc) is 3.19. The van der Waals surface area contributed by atoms with Gasteiger partial charge in [-0.2, -0.15) is 0 Å². The van der Waals surface area contributed by atoms with E-state index in [2.05, 4.69) is 37.1 Å². The molecule has 1 saturated heterocycles. The fourth-order valence-electron chi connectivity index (χ4n) is 3.59. The Labute approximate surface area is 193 Å². The SMILES string of the molecule is Cc1ccc(C)c(NC(=O)C(C)Sc2nnc(N3CCOCC3)n2Cc2ccccc2)c1. The number of nitrogens with zero attached hydrogens (tertiary/aromatic N) is 4. The number of hydrogen-bond acceptors (Lipinski definition) is 6. The van der Waals surface area contributed by atoms with Gasteiger partial charge in [0, 0.05) is 18.8 Å². The fourth-order valence-corrected chi connectivity index (χ4v) is 4.43. The average molecular weight is 452 g/mol. The monoisotopic (exact) mass is 451 g/mol. The quantitative estimate of drug-likeness (QED) is 0.550. The van der Waals surface area contributed by atoms with Crippen LogP contribution in [0.5, 0.6) is 0 Å². The van der Waals surface area contributed by atoms with Gasteiger partial charge in [-0.05, 0) is 43.5 Å². The van der Waals surface area contributed by atoms with E-state index in [0.29, 0.717) is 19.8 Å². The van der Waals surface area contributed by atoms with Gasteiger partial charge in [-0.15, -0.1) is 10.2 Å². The summed E-state index contributed by atoms with van der Waals surface area (Å²) in [6.07, 6.45) is 0. The number of benzene rings is 2. The van der Waals surface area contributed by atoms with E-state index >= 15 is 0 Å². The summed E-state index contributed by atoms with van der Waals surface area (Å²) in [6.45, 7) is 9.48. The van der Waals surface area contributed by atoms with Crippen LogP contribution in [0.15, 0.2) is 53.7 Å². The van der Waals surface area contributed by atoms with Crippen LogP contribution >= 0.6 is 11.8 Å². The van der Waals surface area contributed by atoms with E-state index in [9.17, 15) is 4.79 Å². The molecule has 7 nitrogen and oxygen atoms in total. The van der Waals surface area contributed by atoms with E-state index in [0.717, 1.165) is 46.6 Å². The van der Waals surface area contributed by atoms with Crippen molar-refractivity contribution in [3.8, 4) is 0 Å². The minimum atomic E-state index is -0.328. The van der Waals surface area contributed by atoms with E-state index in [4.69, 9.17) is 4.74 Å². The van der Waals surface area contributed by atoms with Crippen LogP contribution in [0.1, 0.15) is 23.6 Å². The van der Waals surface area contributed by atoms with Gasteiger partial charge in [-0.1, -0.05) is 54.2 Å². The highest BCUT2D eigenvalue weighted by atomic mass is 32.2. The van der Waals surface area contributed by atoms with Gasteiger partial charge in [0.25, 0.3) is 0 Å². The van der Waals surface area contributed by atoms with Crippen molar-refractivity contribution in [1.82, 2.24) is 14.8 Å². The molecule has 3 aromatic rings. The van der Waals surface area contributed by atoms with E-state index in [1.54, 1.807) is 0 Å². The summed E-state index contributed by atoms with van der Waals surface area (Å²) in [6, 6.07) is 16.3. The molecule has 0 radical (unpaired) electrons. The second-order valence-corrected chi connectivity index (χ2v) is 9.33. The predicted molar refractivity (Wildman–Crippen MR) is 128 cm³/mol. The highest BCUT2D eigenvalue weighted by Crippen LogP contribution is 2.28. The first-order valence-electron chi connectivity index (χ1n) is 10.9. The summed E-state index contributed by atoms with van der Waals surface area (Å²) >= 11 is 1.43. The van der Waals surface area contributed by atoms with Gasteiger partial charge in [0.2, 0.25) is 11.9 Å². The number of thioether (sulfide) groups is 1. The number of aryl methyl sites for hydroxylation is 2. The van der Waals surface area contributed by atoms with E-state index < -0.39 is 0 Å². The Bertz CT molecular complexity index is 1060. The number of hydrogen-bond donors (Lipinski definition) is 1. The van der Waals surface area contributed by atoms with Crippen molar-refractivity contribution in [1.29, 1.82) is 0 Å². The predicted octanol–water partition coefficient (Wildman–Crippen LogP) is 3.90. The molecule has 1 unspecified atom stereocenters. The van der Waals surface area contributed by atoms with Crippen LogP contribution in [-0.4, -0.2) is 52.2 Å². The maximum Gasteiger partial charge on any atom is 0.237 e. The second kappa shape index (κ2) is 10.2. The highest BCUT2D eigenvalue weighted by Gasteiger charge is 2.24. The Balaban J connectivity index is 1.54. The van der Waals surface area contributed by atoms with Crippen LogP contribution < -0.4 is 10.2 Å². The lowest BCUT2D eigenvalue weighted by molar-refractivity contribution is -0.115. The molecule has 1 fully saturated rings. The van der Waals surface area contributed by atoms with Gasteiger partial charge in [0.15, 0.2) is 5.16 Å². The van der Waals surface area contributed by atoms with E-state index in [1.807, 2.05) is 57.2 Å². The third kappa shape index (κ3) is 5.31. The lowest BCUT2D eigenvalue weighted by atomic mass is 10.1. The first kappa shape index (κ1) is 22.4. The molecular weight excluding hydrogens is 422 g/mol. The van der Waals surface area contributed by atoms with Crippen molar-refractivity contribution in [2.24, 2.45) is 0 Å². The number of aromatic nitrogens is 3. The first-order chi connectivity index (χ1) is 15.5. The normalized spacial score (nSPS) is 14.9. The summed E-state index contributed by atoms with van der Waals surface area (Å²) in [4.78, 5) is 15.1. The maximum absolute atomic E-state index is 12.9. The van der Waals surface area contributed by atoms with Gasteiger partial charge < -0.3 is 15.0 Å². The zero-order valence-electron chi connectivity index (χ0n) is 18.7. The summed E-state index contributed by atoms with van der Waals surface area (Å²) in [5, 5.41) is 12.4. The molecule has 4 rings (SSSR count). The molecule has 1 aliphatic rings. The fraction of sp³-hybridized carbons (Fsp3) is 0.375. The molecule has 168 valence electrons. The van der Waals surface area contributed by atoms with Gasteiger partial charge >= 0.3 is 0 Å². The third-order valence-electron chi connectivity index (χ3n) is 5.48. The zero-order chi connectivity index (χ0) is 22.5. The first-order valence-corrected chi connectivity index (χ1v) is 11.7. The lowest BCUT2D eigenvalue weighted by Crippen LogP contribution is -2.38. The summed E-state index contributed by atoms with van der Waals surface area (Å²) in [7, 11) is 0. The van der Waals surface area contributed by atoms with E-state index in [-0.39, 0.29) is 11.2 Å². The van der Waals surface area contributed by atoms with Gasteiger partial charge in [-0.3, -0.25) is 9.36 Å². The minimum Gasteiger partial charge on any atom is -0.378 e. The number of nitrogens with one attached hydrogen (secondary N) is 1. The molecule has 0 saturated carbocycles. The summed E-state index contributed by atoms with van der Waals surface area (Å²) in [5.41, 5.74) is 4.17. The van der Waals surface area contributed by atoms with Gasteiger partial charge in [0.05, 0.1) is 25.0 Å². The zero-order valence-corrected chi connectivity index (χ0v) is 19.6. The van der Waals surface area contributed by atoms with Crippen molar-refractivity contribution in [3.63, 3.8) is 0 Å². The Morgan fingerprint density at radius 2 is 1.88 bits per heavy atom. The number of morpholine rings is 1. The van der Waals surface area contributed by atoms with Crippen LogP contribution in [0.4, 0.5) is 11.6 Å². The number of carbonyl (C=O) groups excluding carboxylic acids is 1. The number of carbonyl (C=O) groups is 1. The minimum absolute atomic E-state index is 0.0501. The molecule has 2 heterocycles. The van der Waals surface area contributed by atoms with Crippen LogP contribution in [0.3, 0.4) is 0 Å². The van der Waals surface area contributed by atoms with Crippen LogP contribution in [-0.2, 0) is 16.1 Å². The van der Waals surface area contributed by atoms with Crippen LogP contribution in [0, 0.1) is 13.8 Å². The Morgan fingerprint density at radius 3 is 2.62 bits per heavy atom. The molecule has 0 spiro atoms. The van der Waals surface area contributed by atoms with Gasteiger partial charge in [-0.25, -0.2) is 0 Å². The van der Waals surface area contributed by atoms with Gasteiger partial charge in [0.1, 0.15) is 0 Å². The maximum atomic E-state index is 12.9. The van der Waals surface area contributed by atoms with Crippen LogP contribution in [0.25, 0.3) is 0 Å². The smallest absolute Gasteiger partial charge is 0.237 e. The Morgan fingerprint density at radius 1 is 1.12 bits per heavy atom. The molecule has 1 N–H and O–H groups in total. The van der Waals surface area contributed by atoms with Crippen molar-refractivity contribution in [2.75, 3.05) is 36.5 Å². The largest absolute Gasteiger partial charge is 0.378 e. The van der Waals surface area contributed by atoms with Crippen molar-refractivity contribution in [3.05, 3.63) is 65.2 Å². The number of amides is 1.